The molecule has 1 N–H and O–H groups in total. The smallest absolute Gasteiger partial charge is 0.548 e. The number of carboxylic acid groups (broad SMARTS) is 1. The van der Waals surface area contributed by atoms with Gasteiger partial charge in [0.05, 0.1) is 12.0 Å². The van der Waals surface area contributed by atoms with Gasteiger partial charge in [0, 0.05) is 6.42 Å². The Kier molecular flexibility index (Phi) is 11.1. The van der Waals surface area contributed by atoms with Crippen LogP contribution in [0.15, 0.2) is 0 Å². The minimum atomic E-state index is -1.25. The number of nitrogens with one attached hydrogen (secondary N) is 1. The predicted octanol–water partition coefficient (Wildman–Crippen LogP) is -3.17. The van der Waals surface area contributed by atoms with Crippen LogP contribution in [0.25, 0.3) is 0 Å². The van der Waals surface area contributed by atoms with Crippen LogP contribution in [0.4, 0.5) is 0 Å². The summed E-state index contributed by atoms with van der Waals surface area (Å²) in [6.45, 7) is 3.44. The Morgan fingerprint density at radius 3 is 2.36 bits per heavy atom. The summed E-state index contributed by atoms with van der Waals surface area (Å²) in [6.07, 6.45) is 3.24. The van der Waals surface area contributed by atoms with Crippen LogP contribution in [0, 0.1) is 0 Å². The van der Waals surface area contributed by atoms with Crippen LogP contribution in [0.3, 0.4) is 0 Å². The number of carbonyl (C=O) groups is 2. The quantitative estimate of drug-likeness (QED) is 0.370. The number of hydrogen-bond acceptors (Lipinski definition) is 3. The Morgan fingerprint density at radius 2 is 1.93 bits per heavy atom. The van der Waals surface area contributed by atoms with Gasteiger partial charge in [-0.2, -0.15) is 0 Å². The number of aliphatic carboxylic acids is 1. The van der Waals surface area contributed by atoms with Crippen LogP contribution in [0.2, 0.25) is 0 Å². The van der Waals surface area contributed by atoms with Crippen LogP contribution in [0.1, 0.15) is 39.5 Å². The van der Waals surface area contributed by atoms with E-state index in [0.717, 1.165) is 19.3 Å². The Bertz CT molecular complexity index is 185. The Hall–Kier alpha value is -0.0600. The van der Waals surface area contributed by atoms with Gasteiger partial charge in [0.15, 0.2) is 0 Å². The molecule has 0 bridgehead atoms. The van der Waals surface area contributed by atoms with Crippen LogP contribution in [0.5, 0.6) is 0 Å². The molecule has 1 amide bonds. The largest absolute Gasteiger partial charge is 1.00 e. The van der Waals surface area contributed by atoms with Crippen molar-refractivity contribution in [2.75, 3.05) is 0 Å². The van der Waals surface area contributed by atoms with Gasteiger partial charge in [-0.05, 0) is 13.3 Å². The van der Waals surface area contributed by atoms with Gasteiger partial charge < -0.3 is 15.2 Å². The first-order valence-corrected chi connectivity index (χ1v) is 4.58. The molecular weight excluding hydrogens is 193 g/mol. The molecule has 0 fully saturated rings. The van der Waals surface area contributed by atoms with Crippen molar-refractivity contribution >= 4 is 11.9 Å². The minimum absolute atomic E-state index is 0. The third-order valence-electron chi connectivity index (χ3n) is 1.74. The van der Waals surface area contributed by atoms with E-state index in [4.69, 9.17) is 0 Å². The zero-order chi connectivity index (χ0) is 10.3. The molecule has 0 aromatic rings. The third-order valence-corrected chi connectivity index (χ3v) is 1.74. The third kappa shape index (κ3) is 8.53. The second-order valence-electron chi connectivity index (χ2n) is 3.07. The molecule has 0 spiro atoms. The van der Waals surface area contributed by atoms with E-state index in [1.807, 2.05) is 6.92 Å². The topological polar surface area (TPSA) is 69.2 Å². The van der Waals surface area contributed by atoms with Crippen molar-refractivity contribution in [3.05, 3.63) is 0 Å². The minimum Gasteiger partial charge on any atom is -0.548 e. The average Bonchev–Trinajstić information content (AvgIpc) is 2.04. The first-order valence-electron chi connectivity index (χ1n) is 4.58. The number of rotatable bonds is 6. The average molecular weight is 209 g/mol. The van der Waals surface area contributed by atoms with Gasteiger partial charge in [-0.3, -0.25) is 4.79 Å². The molecule has 5 heteroatoms. The fraction of sp³-hybridized carbons (Fsp3) is 0.778. The molecule has 0 aromatic carbocycles. The summed E-state index contributed by atoms with van der Waals surface area (Å²) in [7, 11) is 0. The summed E-state index contributed by atoms with van der Waals surface area (Å²) in [6, 6.07) is -0.894. The molecule has 0 saturated heterocycles. The molecular formula is C9H16NNaO3. The monoisotopic (exact) mass is 209 g/mol. The molecule has 4 nitrogen and oxygen atoms in total. The van der Waals surface area contributed by atoms with Crippen LogP contribution in [-0.4, -0.2) is 17.9 Å². The molecule has 14 heavy (non-hydrogen) atoms. The molecule has 0 unspecified atom stereocenters. The van der Waals surface area contributed by atoms with Crippen molar-refractivity contribution in [2.24, 2.45) is 0 Å². The van der Waals surface area contributed by atoms with Crippen molar-refractivity contribution in [1.82, 2.24) is 5.32 Å². The fourth-order valence-corrected chi connectivity index (χ4v) is 0.908. The summed E-state index contributed by atoms with van der Waals surface area (Å²) in [4.78, 5) is 21.3. The zero-order valence-electron chi connectivity index (χ0n) is 9.13. The maximum atomic E-state index is 11.0. The first-order chi connectivity index (χ1) is 6.07. The number of carboxylic acids is 1. The van der Waals surface area contributed by atoms with Gasteiger partial charge in [-0.1, -0.05) is 19.8 Å². The zero-order valence-corrected chi connectivity index (χ0v) is 11.1. The van der Waals surface area contributed by atoms with Crippen LogP contribution in [-0.2, 0) is 9.59 Å². The summed E-state index contributed by atoms with van der Waals surface area (Å²) in [5.74, 6) is -1.46. The first kappa shape index (κ1) is 16.4. The summed E-state index contributed by atoms with van der Waals surface area (Å²) in [5.41, 5.74) is 0. The molecule has 0 aliphatic heterocycles. The summed E-state index contributed by atoms with van der Waals surface area (Å²) < 4.78 is 0. The Balaban J connectivity index is 0. The van der Waals surface area contributed by atoms with E-state index in [9.17, 15) is 14.7 Å². The molecule has 1 atom stereocenters. The number of amides is 1. The maximum Gasteiger partial charge on any atom is 1.00 e. The summed E-state index contributed by atoms with van der Waals surface area (Å²) >= 11 is 0. The van der Waals surface area contributed by atoms with E-state index < -0.39 is 12.0 Å². The van der Waals surface area contributed by atoms with E-state index in [1.54, 1.807) is 0 Å². The van der Waals surface area contributed by atoms with Gasteiger partial charge in [-0.25, -0.2) is 0 Å². The van der Waals surface area contributed by atoms with Crippen molar-refractivity contribution < 1.29 is 44.3 Å². The normalized spacial score (nSPS) is 11.3. The number of unbranched alkanes of at least 4 members (excludes halogenated alkanes) is 2. The van der Waals surface area contributed by atoms with E-state index >= 15 is 0 Å². The fourth-order valence-electron chi connectivity index (χ4n) is 0.908. The van der Waals surface area contributed by atoms with Crippen molar-refractivity contribution in [1.29, 1.82) is 0 Å². The van der Waals surface area contributed by atoms with Crippen LogP contribution >= 0.6 is 0 Å². The van der Waals surface area contributed by atoms with Crippen molar-refractivity contribution in [3.63, 3.8) is 0 Å². The summed E-state index contributed by atoms with van der Waals surface area (Å²) in [5, 5.41) is 12.6. The predicted molar refractivity (Wildman–Crippen MR) is 46.8 cm³/mol. The molecule has 0 rings (SSSR count). The molecule has 0 heterocycles. The van der Waals surface area contributed by atoms with Crippen molar-refractivity contribution in [3.8, 4) is 0 Å². The number of carbonyl (C=O) groups excluding carboxylic acids is 2. The van der Waals surface area contributed by atoms with Gasteiger partial charge in [0.2, 0.25) is 5.91 Å². The van der Waals surface area contributed by atoms with E-state index in [-0.39, 0.29) is 35.5 Å². The van der Waals surface area contributed by atoms with Gasteiger partial charge in [0.1, 0.15) is 0 Å². The molecule has 0 aliphatic carbocycles. The Labute approximate surface area is 107 Å². The molecule has 0 radical (unpaired) electrons. The van der Waals surface area contributed by atoms with E-state index in [2.05, 4.69) is 5.32 Å². The molecule has 0 aromatic heterocycles. The standard InChI is InChI=1S/C9H17NO3.Na/c1-3-4-5-6-8(11)10-7(2)9(12)13;/h7H,3-6H2,1-2H3,(H,10,11)(H,12,13);/q;+1/p-1/t7-;/m0./s1. The number of hydrogen-bond donors (Lipinski definition) is 1. The van der Waals surface area contributed by atoms with Gasteiger partial charge >= 0.3 is 29.6 Å². The maximum absolute atomic E-state index is 11.0. The van der Waals surface area contributed by atoms with Crippen molar-refractivity contribution in [2.45, 2.75) is 45.6 Å². The molecule has 0 saturated carbocycles. The van der Waals surface area contributed by atoms with Gasteiger partial charge in [-0.15, -0.1) is 0 Å². The van der Waals surface area contributed by atoms with Crippen LogP contribution < -0.4 is 40.0 Å². The van der Waals surface area contributed by atoms with E-state index in [0.29, 0.717) is 6.42 Å². The Morgan fingerprint density at radius 1 is 1.36 bits per heavy atom. The SMILES string of the molecule is CCCCCC(=O)N[C@@H](C)C(=O)[O-].[Na+]. The second-order valence-corrected chi connectivity index (χ2v) is 3.07. The second kappa shape index (κ2) is 9.49. The molecule has 0 aliphatic rings. The van der Waals surface area contributed by atoms with E-state index in [1.165, 1.54) is 6.92 Å². The molecule has 76 valence electrons. The van der Waals surface area contributed by atoms with Gasteiger partial charge in [0.25, 0.3) is 0 Å².